The second-order valence-electron chi connectivity index (χ2n) is 7.80. The van der Waals surface area contributed by atoms with Crippen LogP contribution in [-0.2, 0) is 16.1 Å². The van der Waals surface area contributed by atoms with E-state index in [2.05, 4.69) is 49.4 Å². The van der Waals surface area contributed by atoms with E-state index in [1.807, 2.05) is 12.1 Å². The third-order valence-corrected chi connectivity index (χ3v) is 5.58. The number of carbonyl (C=O) groups is 1. The first-order valence-corrected chi connectivity index (χ1v) is 10.5. The smallest absolute Gasteiger partial charge is 0.225 e. The monoisotopic (exact) mass is 395 g/mol. The highest BCUT2D eigenvalue weighted by Crippen LogP contribution is 2.16. The highest BCUT2D eigenvalue weighted by atomic mass is 16.5. The maximum absolute atomic E-state index is 12.5. The van der Waals surface area contributed by atoms with Crippen molar-refractivity contribution in [3.63, 3.8) is 0 Å². The van der Waals surface area contributed by atoms with E-state index in [0.29, 0.717) is 13.0 Å². The molecule has 1 atom stereocenters. The summed E-state index contributed by atoms with van der Waals surface area (Å²) in [6.45, 7) is 5.02. The summed E-state index contributed by atoms with van der Waals surface area (Å²) >= 11 is 0. The van der Waals surface area contributed by atoms with Gasteiger partial charge in [-0.05, 0) is 24.5 Å². The van der Waals surface area contributed by atoms with Gasteiger partial charge >= 0.3 is 0 Å². The molecule has 4 rings (SSSR count). The minimum absolute atomic E-state index is 0.0368. The lowest BCUT2D eigenvalue weighted by Crippen LogP contribution is -2.48. The van der Waals surface area contributed by atoms with Gasteiger partial charge in [-0.25, -0.2) is 9.97 Å². The molecule has 0 spiro atoms. The Labute approximate surface area is 172 Å². The average Bonchev–Trinajstić information content (AvgIpc) is 2.76. The van der Waals surface area contributed by atoms with E-state index in [4.69, 9.17) is 4.74 Å². The van der Waals surface area contributed by atoms with Crippen LogP contribution in [0.2, 0.25) is 0 Å². The molecule has 1 N–H and O–H groups in total. The summed E-state index contributed by atoms with van der Waals surface area (Å²) in [6.07, 6.45) is 5.74. The molecule has 0 aliphatic carbocycles. The molecular formula is C22H29N5O2. The first kappa shape index (κ1) is 19.8. The molecule has 0 saturated carbocycles. The van der Waals surface area contributed by atoms with E-state index >= 15 is 0 Å². The summed E-state index contributed by atoms with van der Waals surface area (Å²) in [5.41, 5.74) is 1.30. The number of benzene rings is 1. The first-order chi connectivity index (χ1) is 14.3. The fourth-order valence-electron chi connectivity index (χ4n) is 4.06. The number of ether oxygens (including phenoxy) is 1. The fourth-order valence-corrected chi connectivity index (χ4v) is 4.06. The van der Waals surface area contributed by atoms with Gasteiger partial charge in [0.05, 0.1) is 19.1 Å². The van der Waals surface area contributed by atoms with E-state index in [-0.39, 0.29) is 18.1 Å². The molecule has 29 heavy (non-hydrogen) atoms. The van der Waals surface area contributed by atoms with Crippen molar-refractivity contribution in [1.82, 2.24) is 20.2 Å². The number of nitrogens with one attached hydrogen (secondary N) is 1. The summed E-state index contributed by atoms with van der Waals surface area (Å²) in [5, 5.41) is 3.20. The van der Waals surface area contributed by atoms with Gasteiger partial charge in [0, 0.05) is 51.2 Å². The van der Waals surface area contributed by atoms with Crippen molar-refractivity contribution >= 4 is 11.9 Å². The van der Waals surface area contributed by atoms with Crippen LogP contribution in [0.1, 0.15) is 24.8 Å². The van der Waals surface area contributed by atoms with Crippen molar-refractivity contribution < 1.29 is 9.53 Å². The third kappa shape index (κ3) is 5.74. The fraction of sp³-hybridized carbons (Fsp3) is 0.500. The molecular weight excluding hydrogens is 366 g/mol. The number of morpholine rings is 1. The number of anilines is 1. The number of carbonyl (C=O) groups excluding carboxylic acids is 1. The molecule has 2 aliphatic rings. The average molecular weight is 396 g/mol. The standard InChI is InChI=1S/C22H29N5O2/c28-21(25-19-7-11-27(12-8-19)22-23-9-4-10-24-22)15-20-17-26(13-14-29-20)16-18-5-2-1-3-6-18/h1-6,9-10,19-20H,7-8,11-17H2,(H,25,28). The van der Waals surface area contributed by atoms with Crippen LogP contribution in [0.4, 0.5) is 5.95 Å². The Bertz CT molecular complexity index is 765. The molecule has 0 radical (unpaired) electrons. The molecule has 1 aromatic carbocycles. The van der Waals surface area contributed by atoms with Crippen molar-refractivity contribution in [1.29, 1.82) is 0 Å². The molecule has 7 nitrogen and oxygen atoms in total. The van der Waals surface area contributed by atoms with Crippen LogP contribution >= 0.6 is 0 Å². The van der Waals surface area contributed by atoms with Crippen molar-refractivity contribution in [2.75, 3.05) is 37.7 Å². The van der Waals surface area contributed by atoms with Gasteiger partial charge in [-0.3, -0.25) is 9.69 Å². The largest absolute Gasteiger partial charge is 0.375 e. The molecule has 2 aromatic rings. The second kappa shape index (κ2) is 9.80. The summed E-state index contributed by atoms with van der Waals surface area (Å²) in [7, 11) is 0. The molecule has 2 saturated heterocycles. The Morgan fingerprint density at radius 3 is 2.59 bits per heavy atom. The van der Waals surface area contributed by atoms with E-state index in [9.17, 15) is 4.79 Å². The summed E-state index contributed by atoms with van der Waals surface area (Å²) in [5.74, 6) is 0.859. The molecule has 2 fully saturated rings. The van der Waals surface area contributed by atoms with Crippen molar-refractivity contribution in [2.45, 2.75) is 38.0 Å². The molecule has 1 unspecified atom stereocenters. The van der Waals surface area contributed by atoms with Crippen molar-refractivity contribution in [2.24, 2.45) is 0 Å². The lowest BCUT2D eigenvalue weighted by Gasteiger charge is -2.34. The summed E-state index contributed by atoms with van der Waals surface area (Å²) in [4.78, 5) is 25.7. The molecule has 7 heteroatoms. The normalized spacial score (nSPS) is 21.1. The molecule has 154 valence electrons. The molecule has 1 amide bonds. The zero-order valence-corrected chi connectivity index (χ0v) is 16.7. The van der Waals surface area contributed by atoms with Crippen molar-refractivity contribution in [3.05, 3.63) is 54.4 Å². The Kier molecular flexibility index (Phi) is 6.69. The third-order valence-electron chi connectivity index (χ3n) is 5.58. The zero-order valence-electron chi connectivity index (χ0n) is 16.7. The maximum Gasteiger partial charge on any atom is 0.225 e. The second-order valence-corrected chi connectivity index (χ2v) is 7.80. The Balaban J connectivity index is 1.20. The first-order valence-electron chi connectivity index (χ1n) is 10.5. The van der Waals surface area contributed by atoms with E-state index < -0.39 is 0 Å². The number of amides is 1. The molecule has 0 bridgehead atoms. The van der Waals surface area contributed by atoms with Gasteiger partial charge < -0.3 is 15.0 Å². The predicted molar refractivity (Wildman–Crippen MR) is 111 cm³/mol. The number of piperidine rings is 1. The van der Waals surface area contributed by atoms with E-state index in [1.54, 1.807) is 12.4 Å². The number of hydrogen-bond acceptors (Lipinski definition) is 6. The van der Waals surface area contributed by atoms with Crippen LogP contribution < -0.4 is 10.2 Å². The van der Waals surface area contributed by atoms with Gasteiger partial charge in [0.1, 0.15) is 0 Å². The van der Waals surface area contributed by atoms with Gasteiger partial charge in [0.15, 0.2) is 0 Å². The quantitative estimate of drug-likeness (QED) is 0.805. The van der Waals surface area contributed by atoms with Crippen LogP contribution in [0.3, 0.4) is 0 Å². The summed E-state index contributed by atoms with van der Waals surface area (Å²) in [6, 6.07) is 12.5. The lowest BCUT2D eigenvalue weighted by molar-refractivity contribution is -0.127. The maximum atomic E-state index is 12.5. The zero-order chi connectivity index (χ0) is 19.9. The van der Waals surface area contributed by atoms with Gasteiger partial charge in [0.2, 0.25) is 11.9 Å². The minimum Gasteiger partial charge on any atom is -0.375 e. The molecule has 3 heterocycles. The van der Waals surface area contributed by atoms with E-state index in [0.717, 1.165) is 51.5 Å². The van der Waals surface area contributed by atoms with E-state index in [1.165, 1.54) is 5.56 Å². The van der Waals surface area contributed by atoms with Gasteiger partial charge in [-0.2, -0.15) is 0 Å². The number of nitrogens with zero attached hydrogens (tertiary/aromatic N) is 4. The highest BCUT2D eigenvalue weighted by Gasteiger charge is 2.26. The molecule has 1 aromatic heterocycles. The lowest BCUT2D eigenvalue weighted by atomic mass is 10.0. The number of aromatic nitrogens is 2. The minimum atomic E-state index is -0.0368. The Hall–Kier alpha value is -2.51. The number of rotatable bonds is 6. The van der Waals surface area contributed by atoms with Crippen LogP contribution in [-0.4, -0.2) is 65.7 Å². The summed E-state index contributed by atoms with van der Waals surface area (Å²) < 4.78 is 5.85. The van der Waals surface area contributed by atoms with Crippen LogP contribution in [0.15, 0.2) is 48.8 Å². The van der Waals surface area contributed by atoms with Crippen LogP contribution in [0, 0.1) is 0 Å². The highest BCUT2D eigenvalue weighted by molar-refractivity contribution is 5.76. The van der Waals surface area contributed by atoms with Crippen LogP contribution in [0.5, 0.6) is 0 Å². The predicted octanol–water partition coefficient (Wildman–Crippen LogP) is 1.85. The van der Waals surface area contributed by atoms with Gasteiger partial charge in [0.25, 0.3) is 0 Å². The van der Waals surface area contributed by atoms with Gasteiger partial charge in [-0.15, -0.1) is 0 Å². The topological polar surface area (TPSA) is 70.6 Å². The number of hydrogen-bond donors (Lipinski definition) is 1. The van der Waals surface area contributed by atoms with Crippen LogP contribution in [0.25, 0.3) is 0 Å². The molecule has 2 aliphatic heterocycles. The Morgan fingerprint density at radius 2 is 1.83 bits per heavy atom. The van der Waals surface area contributed by atoms with Crippen molar-refractivity contribution in [3.8, 4) is 0 Å². The SMILES string of the molecule is O=C(CC1CN(Cc2ccccc2)CCO1)NC1CCN(c2ncccn2)CC1. The Morgan fingerprint density at radius 1 is 1.07 bits per heavy atom. The van der Waals surface area contributed by atoms with Gasteiger partial charge in [-0.1, -0.05) is 30.3 Å².